The molecule has 0 fully saturated rings. The number of aromatic amines is 1. The predicted octanol–water partition coefficient (Wildman–Crippen LogP) is 0.670. The highest BCUT2D eigenvalue weighted by Gasteiger charge is 2.13. The van der Waals surface area contributed by atoms with Gasteiger partial charge in [-0.1, -0.05) is 0 Å². The molecule has 0 spiro atoms. The SMILES string of the molecule is O=c1[nH]nc(-c2cnccn2)n1Cc1ccco1. The van der Waals surface area contributed by atoms with Crippen molar-refractivity contribution in [1.82, 2.24) is 24.7 Å². The molecule has 18 heavy (non-hydrogen) atoms. The molecule has 0 atom stereocenters. The maximum Gasteiger partial charge on any atom is 0.344 e. The van der Waals surface area contributed by atoms with Crippen molar-refractivity contribution < 1.29 is 4.42 Å². The summed E-state index contributed by atoms with van der Waals surface area (Å²) >= 11 is 0. The fraction of sp³-hybridized carbons (Fsp3) is 0.0909. The fourth-order valence-corrected chi connectivity index (χ4v) is 1.63. The van der Waals surface area contributed by atoms with E-state index in [0.29, 0.717) is 23.8 Å². The Balaban J connectivity index is 2.04. The highest BCUT2D eigenvalue weighted by molar-refractivity contribution is 5.46. The number of aromatic nitrogens is 5. The molecule has 0 bridgehead atoms. The summed E-state index contributed by atoms with van der Waals surface area (Å²) in [6.07, 6.45) is 6.22. The average Bonchev–Trinajstić information content (AvgIpc) is 3.03. The van der Waals surface area contributed by atoms with Gasteiger partial charge in [-0.2, -0.15) is 5.10 Å². The standard InChI is InChI=1S/C11H9N5O2/c17-11-15-14-10(9-6-12-3-4-13-9)16(11)7-8-2-1-5-18-8/h1-6H,7H2,(H,15,17). The first-order chi connectivity index (χ1) is 8.84. The molecule has 0 aliphatic heterocycles. The number of H-pyrrole nitrogens is 1. The van der Waals surface area contributed by atoms with Gasteiger partial charge in [-0.3, -0.25) is 9.55 Å². The van der Waals surface area contributed by atoms with E-state index in [2.05, 4.69) is 20.2 Å². The van der Waals surface area contributed by atoms with Crippen LogP contribution in [-0.4, -0.2) is 24.7 Å². The summed E-state index contributed by atoms with van der Waals surface area (Å²) in [6.45, 7) is 0.300. The third-order valence-electron chi connectivity index (χ3n) is 2.44. The molecule has 1 N–H and O–H groups in total. The quantitative estimate of drug-likeness (QED) is 0.730. The minimum absolute atomic E-state index is 0.300. The molecule has 0 aliphatic rings. The Bertz CT molecular complexity index is 684. The van der Waals surface area contributed by atoms with E-state index < -0.39 is 0 Å². The van der Waals surface area contributed by atoms with Gasteiger partial charge in [0.05, 0.1) is 19.0 Å². The molecule has 0 radical (unpaired) electrons. The second kappa shape index (κ2) is 4.28. The monoisotopic (exact) mass is 243 g/mol. The second-order valence-corrected chi connectivity index (χ2v) is 3.61. The summed E-state index contributed by atoms with van der Waals surface area (Å²) in [5.74, 6) is 1.10. The fourth-order valence-electron chi connectivity index (χ4n) is 1.63. The average molecular weight is 243 g/mol. The lowest BCUT2D eigenvalue weighted by molar-refractivity contribution is 0.491. The predicted molar refractivity (Wildman–Crippen MR) is 61.7 cm³/mol. The van der Waals surface area contributed by atoms with Gasteiger partial charge in [0.2, 0.25) is 0 Å². The van der Waals surface area contributed by atoms with E-state index in [9.17, 15) is 4.79 Å². The molecule has 7 heteroatoms. The van der Waals surface area contributed by atoms with Crippen molar-refractivity contribution in [3.05, 3.63) is 53.2 Å². The summed E-state index contributed by atoms with van der Waals surface area (Å²) in [4.78, 5) is 19.8. The first-order valence-corrected chi connectivity index (χ1v) is 5.28. The third kappa shape index (κ3) is 1.81. The Morgan fingerprint density at radius 3 is 3.06 bits per heavy atom. The lowest BCUT2D eigenvalue weighted by atomic mass is 10.4. The molecule has 0 unspecified atom stereocenters. The van der Waals surface area contributed by atoms with Crippen molar-refractivity contribution in [2.24, 2.45) is 0 Å². The van der Waals surface area contributed by atoms with Crippen LogP contribution in [-0.2, 0) is 6.54 Å². The zero-order chi connectivity index (χ0) is 12.4. The van der Waals surface area contributed by atoms with E-state index >= 15 is 0 Å². The summed E-state index contributed by atoms with van der Waals surface area (Å²) in [5.41, 5.74) is 0.217. The number of rotatable bonds is 3. The van der Waals surface area contributed by atoms with E-state index in [0.717, 1.165) is 0 Å². The van der Waals surface area contributed by atoms with Crippen LogP contribution in [0.2, 0.25) is 0 Å². The molecule has 0 saturated carbocycles. The molecule has 0 aromatic carbocycles. The summed E-state index contributed by atoms with van der Waals surface area (Å²) in [6, 6.07) is 3.56. The zero-order valence-electron chi connectivity index (χ0n) is 9.28. The van der Waals surface area contributed by atoms with Crippen LogP contribution in [0.15, 0.2) is 46.2 Å². The van der Waals surface area contributed by atoms with Crippen LogP contribution < -0.4 is 5.69 Å². The molecule has 3 aromatic heterocycles. The van der Waals surface area contributed by atoms with E-state index in [1.54, 1.807) is 37.0 Å². The second-order valence-electron chi connectivity index (χ2n) is 3.61. The van der Waals surface area contributed by atoms with Gasteiger partial charge in [0.25, 0.3) is 0 Å². The van der Waals surface area contributed by atoms with Crippen LogP contribution in [0.1, 0.15) is 5.76 Å². The van der Waals surface area contributed by atoms with Crippen molar-refractivity contribution >= 4 is 0 Å². The molecule has 90 valence electrons. The normalized spacial score (nSPS) is 10.7. The molecule has 0 saturated heterocycles. The molecule has 3 aromatic rings. The molecule has 7 nitrogen and oxygen atoms in total. The largest absolute Gasteiger partial charge is 0.467 e. The van der Waals surface area contributed by atoms with Crippen molar-refractivity contribution in [2.75, 3.05) is 0 Å². The maximum absolute atomic E-state index is 11.7. The topological polar surface area (TPSA) is 89.6 Å². The van der Waals surface area contributed by atoms with E-state index in [4.69, 9.17) is 4.42 Å². The van der Waals surface area contributed by atoms with Gasteiger partial charge in [0, 0.05) is 12.4 Å². The van der Waals surface area contributed by atoms with Crippen LogP contribution in [0, 0.1) is 0 Å². The van der Waals surface area contributed by atoms with Gasteiger partial charge >= 0.3 is 5.69 Å². The van der Waals surface area contributed by atoms with Gasteiger partial charge in [0.15, 0.2) is 5.82 Å². The van der Waals surface area contributed by atoms with Crippen molar-refractivity contribution in [1.29, 1.82) is 0 Å². The highest BCUT2D eigenvalue weighted by Crippen LogP contribution is 2.11. The van der Waals surface area contributed by atoms with Gasteiger partial charge in [0.1, 0.15) is 11.5 Å². The molecule has 0 amide bonds. The minimum atomic E-state index is -0.313. The van der Waals surface area contributed by atoms with E-state index in [1.165, 1.54) is 4.57 Å². The molecule has 0 aliphatic carbocycles. The van der Waals surface area contributed by atoms with Crippen LogP contribution in [0.4, 0.5) is 0 Å². The smallest absolute Gasteiger partial charge is 0.344 e. The van der Waals surface area contributed by atoms with Crippen molar-refractivity contribution in [3.63, 3.8) is 0 Å². The number of hydrogen-bond donors (Lipinski definition) is 1. The van der Waals surface area contributed by atoms with Gasteiger partial charge in [-0.05, 0) is 12.1 Å². The maximum atomic E-state index is 11.7. The third-order valence-corrected chi connectivity index (χ3v) is 2.44. The van der Waals surface area contributed by atoms with Crippen LogP contribution in [0.3, 0.4) is 0 Å². The van der Waals surface area contributed by atoms with Crippen LogP contribution >= 0.6 is 0 Å². The van der Waals surface area contributed by atoms with Crippen LogP contribution in [0.5, 0.6) is 0 Å². The Labute approximate surface area is 101 Å². The van der Waals surface area contributed by atoms with Gasteiger partial charge in [-0.25, -0.2) is 14.9 Å². The molecular weight excluding hydrogens is 234 g/mol. The lowest BCUT2D eigenvalue weighted by Gasteiger charge is -2.02. The van der Waals surface area contributed by atoms with E-state index in [1.807, 2.05) is 0 Å². The Hall–Kier alpha value is -2.70. The number of hydrogen-bond acceptors (Lipinski definition) is 5. The van der Waals surface area contributed by atoms with Crippen molar-refractivity contribution in [3.8, 4) is 11.5 Å². The Morgan fingerprint density at radius 2 is 2.33 bits per heavy atom. The summed E-state index contributed by atoms with van der Waals surface area (Å²) in [7, 11) is 0. The summed E-state index contributed by atoms with van der Waals surface area (Å²) in [5, 5.41) is 6.34. The van der Waals surface area contributed by atoms with Gasteiger partial charge in [-0.15, -0.1) is 0 Å². The zero-order valence-corrected chi connectivity index (χ0v) is 9.28. The Morgan fingerprint density at radius 1 is 1.39 bits per heavy atom. The highest BCUT2D eigenvalue weighted by atomic mass is 16.3. The number of nitrogens with zero attached hydrogens (tertiary/aromatic N) is 4. The van der Waals surface area contributed by atoms with Crippen LogP contribution in [0.25, 0.3) is 11.5 Å². The van der Waals surface area contributed by atoms with Gasteiger partial charge < -0.3 is 4.42 Å². The summed E-state index contributed by atoms with van der Waals surface area (Å²) < 4.78 is 6.66. The molecule has 3 rings (SSSR count). The first kappa shape index (κ1) is 10.5. The number of nitrogens with one attached hydrogen (secondary N) is 1. The lowest BCUT2D eigenvalue weighted by Crippen LogP contribution is -2.18. The first-order valence-electron chi connectivity index (χ1n) is 5.28. The van der Waals surface area contributed by atoms with Crippen molar-refractivity contribution in [2.45, 2.75) is 6.54 Å². The van der Waals surface area contributed by atoms with E-state index in [-0.39, 0.29) is 5.69 Å². The Kier molecular flexibility index (Phi) is 2.49. The molecule has 3 heterocycles. The molecular formula is C11H9N5O2. The number of furan rings is 1. The minimum Gasteiger partial charge on any atom is -0.467 e.